The number of pyridine rings is 2. The number of aryl methyl sites for hydroxylation is 2. The number of rotatable bonds is 3. The molecular weight excluding hydrogens is 387 g/mol. The molecule has 0 aliphatic carbocycles. The minimum Gasteiger partial charge on any atom is -0.496 e. The fraction of sp³-hybridized carbons (Fsp3) is 0.143. The van der Waals surface area contributed by atoms with Gasteiger partial charge in [0.05, 0.1) is 35.6 Å². The van der Waals surface area contributed by atoms with Crippen LogP contribution in [0.3, 0.4) is 0 Å². The molecule has 1 aromatic carbocycles. The summed E-state index contributed by atoms with van der Waals surface area (Å²) in [5.74, 6) is -0.0583. The summed E-state index contributed by atoms with van der Waals surface area (Å²) in [5, 5.41) is 7.91. The topological polar surface area (TPSA) is 90.6 Å². The molecule has 0 radical (unpaired) electrons. The van der Waals surface area contributed by atoms with Crippen molar-refractivity contribution >= 4 is 21.9 Å². The number of ether oxygens (including phenoxy) is 1. The highest BCUT2D eigenvalue weighted by molar-refractivity contribution is 6.05. The van der Waals surface area contributed by atoms with Gasteiger partial charge in [-0.15, -0.1) is 0 Å². The van der Waals surface area contributed by atoms with Crippen molar-refractivity contribution < 1.29 is 9.13 Å². The van der Waals surface area contributed by atoms with Crippen LogP contribution in [0.15, 0.2) is 47.5 Å². The molecule has 30 heavy (non-hydrogen) atoms. The number of fused-ring (bicyclic) bond motifs is 3. The van der Waals surface area contributed by atoms with Crippen LogP contribution >= 0.6 is 0 Å². The van der Waals surface area contributed by atoms with Gasteiger partial charge in [-0.25, -0.2) is 18.7 Å². The summed E-state index contributed by atoms with van der Waals surface area (Å²) in [5.41, 5.74) is 3.59. The minimum atomic E-state index is -0.589. The third kappa shape index (κ3) is 2.52. The predicted molar refractivity (Wildman–Crippen MR) is 110 cm³/mol. The summed E-state index contributed by atoms with van der Waals surface area (Å²) in [6.45, 7) is 1.91. The average molecular weight is 404 g/mol. The van der Waals surface area contributed by atoms with Crippen LogP contribution in [-0.2, 0) is 7.05 Å². The first kappa shape index (κ1) is 18.0. The number of hydrogen-bond donors (Lipinski definition) is 1. The van der Waals surface area contributed by atoms with Crippen molar-refractivity contribution in [1.29, 1.82) is 0 Å². The fourth-order valence-corrected chi connectivity index (χ4v) is 3.69. The lowest BCUT2D eigenvalue weighted by Crippen LogP contribution is -2.22. The standard InChI is InChI=1S/C21H17FN6O2/c1-11-7-16(26-25-11)12-8-13-15(9-18(12)30-3)24-10-17-19(13)28(21(29)27(17)2)20-14(22)5-4-6-23-20/h4-10H,1-3H3,(H,25,26). The number of halogens is 1. The number of H-pyrrole nitrogens is 1. The van der Waals surface area contributed by atoms with E-state index in [2.05, 4.69) is 20.2 Å². The van der Waals surface area contributed by atoms with E-state index in [4.69, 9.17) is 4.74 Å². The number of aromatic nitrogens is 6. The van der Waals surface area contributed by atoms with Crippen LogP contribution in [0, 0.1) is 12.7 Å². The van der Waals surface area contributed by atoms with Gasteiger partial charge in [0.1, 0.15) is 5.75 Å². The van der Waals surface area contributed by atoms with E-state index in [0.717, 1.165) is 11.3 Å². The molecule has 8 nitrogen and oxygen atoms in total. The second-order valence-electron chi connectivity index (χ2n) is 6.98. The maximum Gasteiger partial charge on any atom is 0.334 e. The molecule has 4 aromatic heterocycles. The number of aromatic amines is 1. The predicted octanol–water partition coefficient (Wildman–Crippen LogP) is 3.12. The molecule has 0 aliphatic rings. The lowest BCUT2D eigenvalue weighted by Gasteiger charge is -2.10. The zero-order valence-electron chi connectivity index (χ0n) is 16.5. The number of hydrogen-bond acceptors (Lipinski definition) is 5. The van der Waals surface area contributed by atoms with Crippen LogP contribution in [0.1, 0.15) is 5.69 Å². The van der Waals surface area contributed by atoms with Gasteiger partial charge in [0.25, 0.3) is 0 Å². The van der Waals surface area contributed by atoms with E-state index in [1.807, 2.05) is 19.1 Å². The van der Waals surface area contributed by atoms with Crippen LogP contribution in [0.2, 0.25) is 0 Å². The van der Waals surface area contributed by atoms with E-state index in [1.54, 1.807) is 26.4 Å². The van der Waals surface area contributed by atoms with Crippen molar-refractivity contribution in [2.45, 2.75) is 6.92 Å². The summed E-state index contributed by atoms with van der Waals surface area (Å²) in [7, 11) is 3.20. The molecule has 0 amide bonds. The van der Waals surface area contributed by atoms with E-state index < -0.39 is 11.5 Å². The van der Waals surface area contributed by atoms with Gasteiger partial charge in [-0.2, -0.15) is 5.10 Å². The summed E-state index contributed by atoms with van der Waals surface area (Å²) < 4.78 is 22.8. The average Bonchev–Trinajstić information content (AvgIpc) is 3.29. The normalized spacial score (nSPS) is 11.5. The van der Waals surface area contributed by atoms with Crippen LogP contribution in [0.4, 0.5) is 4.39 Å². The molecule has 150 valence electrons. The van der Waals surface area contributed by atoms with Crippen LogP contribution in [-0.4, -0.2) is 36.4 Å². The van der Waals surface area contributed by atoms with Crippen molar-refractivity contribution in [3.05, 3.63) is 64.7 Å². The number of benzene rings is 1. The Balaban J connectivity index is 1.95. The molecule has 5 aromatic rings. The largest absolute Gasteiger partial charge is 0.496 e. The molecule has 0 saturated carbocycles. The van der Waals surface area contributed by atoms with Gasteiger partial charge in [-0.3, -0.25) is 14.6 Å². The Morgan fingerprint density at radius 1 is 1.20 bits per heavy atom. The number of nitrogens with zero attached hydrogens (tertiary/aromatic N) is 5. The van der Waals surface area contributed by atoms with Gasteiger partial charge in [-0.05, 0) is 31.2 Å². The molecular formula is C21H17FN6O2. The summed E-state index contributed by atoms with van der Waals surface area (Å²) in [6, 6.07) is 8.30. The monoisotopic (exact) mass is 404 g/mol. The van der Waals surface area contributed by atoms with Gasteiger partial charge in [-0.1, -0.05) is 0 Å². The third-order valence-corrected chi connectivity index (χ3v) is 5.14. The molecule has 0 bridgehead atoms. The van der Waals surface area contributed by atoms with Crippen molar-refractivity contribution in [3.63, 3.8) is 0 Å². The second-order valence-corrected chi connectivity index (χ2v) is 6.98. The van der Waals surface area contributed by atoms with Gasteiger partial charge < -0.3 is 4.74 Å². The van der Waals surface area contributed by atoms with E-state index in [1.165, 1.54) is 27.5 Å². The molecule has 1 N–H and O–H groups in total. The number of methoxy groups -OCH3 is 1. The Kier molecular flexibility index (Phi) is 3.92. The molecule has 9 heteroatoms. The van der Waals surface area contributed by atoms with Crippen molar-refractivity contribution in [2.75, 3.05) is 7.11 Å². The first-order valence-corrected chi connectivity index (χ1v) is 9.21. The highest BCUT2D eigenvalue weighted by atomic mass is 19.1. The second kappa shape index (κ2) is 6.51. The van der Waals surface area contributed by atoms with E-state index in [9.17, 15) is 9.18 Å². The Hall–Kier alpha value is -4.01. The van der Waals surface area contributed by atoms with Crippen LogP contribution in [0.5, 0.6) is 5.75 Å². The SMILES string of the molecule is COc1cc2ncc3c(c2cc1-c1cc(C)[nH]n1)n(-c1ncccc1F)c(=O)n3C. The smallest absolute Gasteiger partial charge is 0.334 e. The lowest BCUT2D eigenvalue weighted by molar-refractivity contribution is 0.417. The maximum absolute atomic E-state index is 14.6. The van der Waals surface area contributed by atoms with Gasteiger partial charge in [0, 0.05) is 36.0 Å². The van der Waals surface area contributed by atoms with Crippen molar-refractivity contribution in [3.8, 4) is 22.8 Å². The number of imidazole rings is 1. The Morgan fingerprint density at radius 3 is 2.73 bits per heavy atom. The van der Waals surface area contributed by atoms with Gasteiger partial charge in [0.2, 0.25) is 0 Å². The quantitative estimate of drug-likeness (QED) is 0.499. The molecule has 5 rings (SSSR count). The molecule has 0 fully saturated rings. The Bertz CT molecular complexity index is 1500. The lowest BCUT2D eigenvalue weighted by atomic mass is 10.1. The number of nitrogens with one attached hydrogen (secondary N) is 1. The van der Waals surface area contributed by atoms with E-state index in [0.29, 0.717) is 33.4 Å². The third-order valence-electron chi connectivity index (χ3n) is 5.14. The molecule has 0 aliphatic heterocycles. The van der Waals surface area contributed by atoms with Crippen LogP contribution in [0.25, 0.3) is 39.0 Å². The maximum atomic E-state index is 14.6. The highest BCUT2D eigenvalue weighted by Gasteiger charge is 2.21. The Labute approximate surface area is 169 Å². The molecule has 0 atom stereocenters. The fourth-order valence-electron chi connectivity index (χ4n) is 3.69. The zero-order valence-corrected chi connectivity index (χ0v) is 16.5. The minimum absolute atomic E-state index is 0.0615. The van der Waals surface area contributed by atoms with E-state index >= 15 is 0 Å². The highest BCUT2D eigenvalue weighted by Crippen LogP contribution is 2.35. The summed E-state index contributed by atoms with van der Waals surface area (Å²) in [6.07, 6.45) is 3.04. The van der Waals surface area contributed by atoms with Gasteiger partial charge in [0.15, 0.2) is 11.6 Å². The first-order chi connectivity index (χ1) is 14.5. The van der Waals surface area contributed by atoms with Crippen molar-refractivity contribution in [2.24, 2.45) is 7.05 Å². The molecule has 0 saturated heterocycles. The Morgan fingerprint density at radius 2 is 2.03 bits per heavy atom. The van der Waals surface area contributed by atoms with Crippen LogP contribution < -0.4 is 10.4 Å². The summed E-state index contributed by atoms with van der Waals surface area (Å²) in [4.78, 5) is 21.6. The van der Waals surface area contributed by atoms with E-state index in [-0.39, 0.29) is 5.82 Å². The van der Waals surface area contributed by atoms with Gasteiger partial charge >= 0.3 is 5.69 Å². The molecule has 0 spiro atoms. The summed E-state index contributed by atoms with van der Waals surface area (Å²) >= 11 is 0. The molecule has 0 unspecified atom stereocenters. The zero-order chi connectivity index (χ0) is 21.0. The van der Waals surface area contributed by atoms with Crippen molar-refractivity contribution in [1.82, 2.24) is 29.3 Å². The molecule has 4 heterocycles. The first-order valence-electron chi connectivity index (χ1n) is 9.21.